The number of nitrogens with zero attached hydrogens (tertiary/aromatic N) is 4. The van der Waals surface area contributed by atoms with Crippen LogP contribution in [0.5, 0.6) is 11.5 Å². The Balaban J connectivity index is 1.26. The highest BCUT2D eigenvalue weighted by molar-refractivity contribution is 6.06. The molecule has 0 aliphatic carbocycles. The molecule has 8 nitrogen and oxygen atoms in total. The summed E-state index contributed by atoms with van der Waals surface area (Å²) in [6.45, 7) is 0. The number of hydrogen-bond acceptors (Lipinski definition) is 6. The molecule has 0 spiro atoms. The molecule has 1 amide bonds. The maximum atomic E-state index is 12.9. The predicted octanol–water partition coefficient (Wildman–Crippen LogP) is 5.45. The Morgan fingerprint density at radius 1 is 0.853 bits per heavy atom. The fourth-order valence-corrected chi connectivity index (χ4v) is 3.29. The third-order valence-electron chi connectivity index (χ3n) is 4.94. The number of benzene rings is 3. The van der Waals surface area contributed by atoms with Crippen LogP contribution < -0.4 is 15.4 Å². The summed E-state index contributed by atoms with van der Waals surface area (Å²) >= 11 is 0. The second-order valence-corrected chi connectivity index (χ2v) is 7.30. The number of ether oxygens (including phenoxy) is 1. The van der Waals surface area contributed by atoms with Gasteiger partial charge in [0.1, 0.15) is 35.8 Å². The lowest BCUT2D eigenvalue weighted by molar-refractivity contribution is 0.102. The first-order valence-electron chi connectivity index (χ1n) is 10.6. The topological polar surface area (TPSA) is 94.0 Å². The van der Waals surface area contributed by atoms with Crippen LogP contribution in [0.4, 0.5) is 17.2 Å². The van der Waals surface area contributed by atoms with Gasteiger partial charge in [0, 0.05) is 29.8 Å². The number of imidazole rings is 1. The Bertz CT molecular complexity index is 1390. The maximum Gasteiger partial charge on any atom is 0.259 e. The van der Waals surface area contributed by atoms with Gasteiger partial charge in [-0.15, -0.1) is 0 Å². The van der Waals surface area contributed by atoms with Crippen molar-refractivity contribution < 1.29 is 9.53 Å². The van der Waals surface area contributed by atoms with Crippen LogP contribution in [-0.2, 0) is 0 Å². The highest BCUT2D eigenvalue weighted by atomic mass is 16.5. The molecule has 5 aromatic rings. The fraction of sp³-hybridized carbons (Fsp3) is 0. The van der Waals surface area contributed by atoms with Gasteiger partial charge in [-0.2, -0.15) is 0 Å². The Hall–Kier alpha value is -4.98. The van der Waals surface area contributed by atoms with E-state index in [0.717, 1.165) is 5.69 Å². The SMILES string of the molecule is O=C(Nc1ccc(Nc2cc(-n3ccnc3)ncn2)cc1)c1ccccc1Oc1ccccc1. The molecule has 0 radical (unpaired) electrons. The summed E-state index contributed by atoms with van der Waals surface area (Å²) in [5.41, 5.74) is 1.93. The van der Waals surface area contributed by atoms with Crippen molar-refractivity contribution in [2.24, 2.45) is 0 Å². The number of carbonyl (C=O) groups is 1. The highest BCUT2D eigenvalue weighted by Crippen LogP contribution is 2.26. The van der Waals surface area contributed by atoms with E-state index in [9.17, 15) is 4.79 Å². The molecule has 8 heteroatoms. The summed E-state index contributed by atoms with van der Waals surface area (Å²) in [6, 6.07) is 25.7. The number of rotatable bonds is 7. The lowest BCUT2D eigenvalue weighted by atomic mass is 10.1. The van der Waals surface area contributed by atoms with Crippen molar-refractivity contribution in [3.63, 3.8) is 0 Å². The molecule has 0 unspecified atom stereocenters. The lowest BCUT2D eigenvalue weighted by Crippen LogP contribution is -2.13. The van der Waals surface area contributed by atoms with Gasteiger partial charge in [-0.3, -0.25) is 9.36 Å². The molecular weight excluding hydrogens is 428 g/mol. The molecule has 0 aliphatic heterocycles. The van der Waals surface area contributed by atoms with Gasteiger partial charge in [0.25, 0.3) is 5.91 Å². The Labute approximate surface area is 195 Å². The molecule has 0 aliphatic rings. The number of nitrogens with one attached hydrogen (secondary N) is 2. The minimum absolute atomic E-state index is 0.256. The summed E-state index contributed by atoms with van der Waals surface area (Å²) in [5, 5.41) is 6.16. The average molecular weight is 448 g/mol. The second kappa shape index (κ2) is 9.66. The summed E-state index contributed by atoms with van der Waals surface area (Å²) in [6.07, 6.45) is 6.66. The van der Waals surface area contributed by atoms with Crippen molar-refractivity contribution in [2.75, 3.05) is 10.6 Å². The van der Waals surface area contributed by atoms with Crippen molar-refractivity contribution >= 4 is 23.1 Å². The van der Waals surface area contributed by atoms with E-state index in [1.165, 1.54) is 6.33 Å². The van der Waals surface area contributed by atoms with Crippen LogP contribution in [0, 0.1) is 0 Å². The van der Waals surface area contributed by atoms with Crippen molar-refractivity contribution in [2.45, 2.75) is 0 Å². The molecule has 0 atom stereocenters. The molecule has 0 saturated heterocycles. The molecular formula is C26H20N6O2. The standard InChI is InChI=1S/C26H20N6O2/c33-26(22-8-4-5-9-23(22)34-21-6-2-1-3-7-21)31-20-12-10-19(11-13-20)30-24-16-25(29-17-28-24)32-15-14-27-18-32/h1-18H,(H,31,33)(H,28,29,30). The molecule has 0 saturated carbocycles. The Morgan fingerprint density at radius 2 is 1.62 bits per heavy atom. The lowest BCUT2D eigenvalue weighted by Gasteiger charge is -2.12. The third-order valence-corrected chi connectivity index (χ3v) is 4.94. The van der Waals surface area contributed by atoms with E-state index in [2.05, 4.69) is 25.6 Å². The predicted molar refractivity (Wildman–Crippen MR) is 130 cm³/mol. The summed E-state index contributed by atoms with van der Waals surface area (Å²) in [7, 11) is 0. The van der Waals surface area contributed by atoms with E-state index in [1.807, 2.05) is 72.9 Å². The molecule has 34 heavy (non-hydrogen) atoms. The van der Waals surface area contributed by atoms with Gasteiger partial charge in [0.2, 0.25) is 0 Å². The van der Waals surface area contributed by atoms with E-state index in [0.29, 0.717) is 34.4 Å². The normalized spacial score (nSPS) is 10.5. The molecule has 166 valence electrons. The minimum Gasteiger partial charge on any atom is -0.457 e. The number of aromatic nitrogens is 4. The van der Waals surface area contributed by atoms with Crippen LogP contribution in [0.25, 0.3) is 5.82 Å². The van der Waals surface area contributed by atoms with E-state index in [-0.39, 0.29) is 5.91 Å². The van der Waals surface area contributed by atoms with Gasteiger partial charge in [-0.05, 0) is 48.5 Å². The fourth-order valence-electron chi connectivity index (χ4n) is 3.29. The zero-order chi connectivity index (χ0) is 23.2. The Morgan fingerprint density at radius 3 is 2.41 bits per heavy atom. The molecule has 3 aromatic carbocycles. The summed E-state index contributed by atoms with van der Waals surface area (Å²) < 4.78 is 7.70. The average Bonchev–Trinajstić information content (AvgIpc) is 3.42. The second-order valence-electron chi connectivity index (χ2n) is 7.30. The number of carbonyl (C=O) groups excluding carboxylic acids is 1. The molecule has 0 fully saturated rings. The van der Waals surface area contributed by atoms with Crippen LogP contribution in [0.3, 0.4) is 0 Å². The monoisotopic (exact) mass is 448 g/mol. The molecule has 2 N–H and O–H groups in total. The van der Waals surface area contributed by atoms with Crippen LogP contribution >= 0.6 is 0 Å². The largest absolute Gasteiger partial charge is 0.457 e. The number of hydrogen-bond donors (Lipinski definition) is 2. The molecule has 0 bridgehead atoms. The van der Waals surface area contributed by atoms with Gasteiger partial charge in [0.15, 0.2) is 0 Å². The molecule has 2 aromatic heterocycles. The van der Waals surface area contributed by atoms with Crippen molar-refractivity contribution in [1.82, 2.24) is 19.5 Å². The highest BCUT2D eigenvalue weighted by Gasteiger charge is 2.13. The van der Waals surface area contributed by atoms with Gasteiger partial charge in [0.05, 0.1) is 5.56 Å². The van der Waals surface area contributed by atoms with Crippen LogP contribution in [-0.4, -0.2) is 25.4 Å². The maximum absolute atomic E-state index is 12.9. The van der Waals surface area contributed by atoms with E-state index >= 15 is 0 Å². The third kappa shape index (κ3) is 4.91. The summed E-state index contributed by atoms with van der Waals surface area (Å²) in [4.78, 5) is 25.5. The minimum atomic E-state index is -0.256. The van der Waals surface area contributed by atoms with E-state index in [1.54, 1.807) is 35.3 Å². The van der Waals surface area contributed by atoms with Crippen LogP contribution in [0.2, 0.25) is 0 Å². The van der Waals surface area contributed by atoms with E-state index < -0.39 is 0 Å². The van der Waals surface area contributed by atoms with Gasteiger partial charge in [-0.25, -0.2) is 15.0 Å². The quantitative estimate of drug-likeness (QED) is 0.344. The van der Waals surface area contributed by atoms with E-state index in [4.69, 9.17) is 4.74 Å². The van der Waals surface area contributed by atoms with Crippen LogP contribution in [0.15, 0.2) is 110 Å². The smallest absolute Gasteiger partial charge is 0.259 e. The van der Waals surface area contributed by atoms with Crippen molar-refractivity contribution in [1.29, 1.82) is 0 Å². The van der Waals surface area contributed by atoms with Crippen molar-refractivity contribution in [3.8, 4) is 17.3 Å². The van der Waals surface area contributed by atoms with Gasteiger partial charge < -0.3 is 15.4 Å². The number of para-hydroxylation sites is 2. The number of amides is 1. The van der Waals surface area contributed by atoms with Gasteiger partial charge >= 0.3 is 0 Å². The first-order chi connectivity index (χ1) is 16.7. The zero-order valence-corrected chi connectivity index (χ0v) is 18.0. The van der Waals surface area contributed by atoms with Crippen LogP contribution in [0.1, 0.15) is 10.4 Å². The first-order valence-corrected chi connectivity index (χ1v) is 10.6. The van der Waals surface area contributed by atoms with Crippen molar-refractivity contribution in [3.05, 3.63) is 116 Å². The van der Waals surface area contributed by atoms with Gasteiger partial charge in [-0.1, -0.05) is 30.3 Å². The summed E-state index contributed by atoms with van der Waals surface area (Å²) in [5.74, 6) is 2.24. The molecule has 2 heterocycles. The zero-order valence-electron chi connectivity index (χ0n) is 18.0. The number of anilines is 3. The Kier molecular flexibility index (Phi) is 5.94. The molecule has 5 rings (SSSR count). The first kappa shape index (κ1) is 20.9.